The van der Waals surface area contributed by atoms with Gasteiger partial charge in [0.15, 0.2) is 5.82 Å². The summed E-state index contributed by atoms with van der Waals surface area (Å²) in [7, 11) is 0. The van der Waals surface area contributed by atoms with Gasteiger partial charge in [0.05, 0.1) is 21.6 Å². The van der Waals surface area contributed by atoms with Crippen LogP contribution in [0.5, 0.6) is 0 Å². The maximum absolute atomic E-state index is 12.6. The van der Waals surface area contributed by atoms with Crippen molar-refractivity contribution < 1.29 is 9.59 Å². The zero-order chi connectivity index (χ0) is 27.2. The molecule has 40 heavy (non-hydrogen) atoms. The molecule has 3 aromatic rings. The third-order valence-corrected chi connectivity index (χ3v) is 10.1. The monoisotopic (exact) mass is 578 g/mol. The van der Waals surface area contributed by atoms with Crippen LogP contribution >= 0.6 is 24.0 Å². The van der Waals surface area contributed by atoms with Crippen LogP contribution in [0.4, 0.5) is 11.8 Å². The molecule has 2 aromatic heterocycles. The van der Waals surface area contributed by atoms with Crippen LogP contribution in [0.15, 0.2) is 29.6 Å². The number of rotatable bonds is 5. The smallest absolute Gasteiger partial charge is 0.243 e. The maximum atomic E-state index is 12.6. The molecule has 3 saturated heterocycles. The zero-order valence-corrected chi connectivity index (χ0v) is 24.1. The van der Waals surface area contributed by atoms with Crippen LogP contribution in [0.3, 0.4) is 0 Å². The van der Waals surface area contributed by atoms with E-state index in [2.05, 4.69) is 59.9 Å². The average molecular weight is 579 g/mol. The molecule has 2 atom stereocenters. The van der Waals surface area contributed by atoms with E-state index < -0.39 is 0 Å². The van der Waals surface area contributed by atoms with Crippen LogP contribution in [0, 0.1) is 0 Å². The van der Waals surface area contributed by atoms with Crippen molar-refractivity contribution in [2.75, 3.05) is 62.2 Å². The molecule has 0 radical (unpaired) electrons. The number of fused-ring (bicyclic) bond motifs is 2. The molecule has 2 amide bonds. The van der Waals surface area contributed by atoms with E-state index in [4.69, 9.17) is 22.6 Å². The second-order valence-corrected chi connectivity index (χ2v) is 12.4. The highest BCUT2D eigenvalue weighted by molar-refractivity contribution is 7.80. The first-order chi connectivity index (χ1) is 19.5. The minimum absolute atomic E-state index is 0.148. The Hall–Kier alpha value is -2.77. The summed E-state index contributed by atoms with van der Waals surface area (Å²) >= 11 is 6.62. The number of anilines is 2. The number of benzene rings is 1. The topological polar surface area (TPSA) is 96.9 Å². The SMILES string of the molecule is O=C1CCC(N2Cc3c(CN4CCN(c5nc(N6CCNCC6)c6sccc6n5)CC4)cccc3C2S)C(=O)N1. The fourth-order valence-electron chi connectivity index (χ4n) is 6.38. The Bertz CT molecular complexity index is 1430. The first kappa shape index (κ1) is 26.1. The summed E-state index contributed by atoms with van der Waals surface area (Å²) in [6.07, 6.45) is 0.920. The summed E-state index contributed by atoms with van der Waals surface area (Å²) in [5.74, 6) is 1.51. The molecule has 0 aliphatic carbocycles. The highest BCUT2D eigenvalue weighted by Crippen LogP contribution is 2.41. The van der Waals surface area contributed by atoms with Crippen molar-refractivity contribution in [2.24, 2.45) is 0 Å². The number of piperidine rings is 1. The molecule has 4 aliphatic heterocycles. The predicted molar refractivity (Wildman–Crippen MR) is 160 cm³/mol. The van der Waals surface area contributed by atoms with Crippen molar-refractivity contribution in [3.63, 3.8) is 0 Å². The lowest BCUT2D eigenvalue weighted by Gasteiger charge is -2.36. The van der Waals surface area contributed by atoms with Gasteiger partial charge in [0, 0.05) is 71.9 Å². The van der Waals surface area contributed by atoms with E-state index in [1.807, 2.05) is 0 Å². The summed E-state index contributed by atoms with van der Waals surface area (Å²) in [4.78, 5) is 43.6. The molecule has 2 unspecified atom stereocenters. The number of thiophene rings is 1. The van der Waals surface area contributed by atoms with Gasteiger partial charge in [0.2, 0.25) is 17.8 Å². The number of imide groups is 1. The highest BCUT2D eigenvalue weighted by Gasteiger charge is 2.40. The molecule has 10 nitrogen and oxygen atoms in total. The zero-order valence-electron chi connectivity index (χ0n) is 22.4. The summed E-state index contributed by atoms with van der Waals surface area (Å²) in [5, 5.41) is 7.90. The molecule has 7 rings (SSSR count). The Labute approximate surface area is 243 Å². The fraction of sp³-hybridized carbons (Fsp3) is 0.500. The summed E-state index contributed by atoms with van der Waals surface area (Å²) in [5.41, 5.74) is 4.76. The molecule has 12 heteroatoms. The lowest BCUT2D eigenvalue weighted by molar-refractivity contribution is -0.137. The second kappa shape index (κ2) is 10.9. The van der Waals surface area contributed by atoms with Crippen LogP contribution in [0.2, 0.25) is 0 Å². The Morgan fingerprint density at radius 1 is 1.00 bits per heavy atom. The van der Waals surface area contributed by atoms with Crippen molar-refractivity contribution in [2.45, 2.75) is 37.3 Å². The van der Waals surface area contributed by atoms with Gasteiger partial charge < -0.3 is 15.1 Å². The van der Waals surface area contributed by atoms with Gasteiger partial charge in [0.25, 0.3) is 0 Å². The number of nitrogens with zero attached hydrogens (tertiary/aromatic N) is 6. The molecule has 2 N–H and O–H groups in total. The van der Waals surface area contributed by atoms with Gasteiger partial charge in [-0.15, -0.1) is 11.3 Å². The van der Waals surface area contributed by atoms with Gasteiger partial charge in [-0.05, 0) is 34.6 Å². The molecule has 6 heterocycles. The Morgan fingerprint density at radius 3 is 2.62 bits per heavy atom. The Balaban J connectivity index is 1.04. The van der Waals surface area contributed by atoms with E-state index >= 15 is 0 Å². The maximum Gasteiger partial charge on any atom is 0.243 e. The number of carbonyl (C=O) groups is 2. The van der Waals surface area contributed by atoms with Crippen molar-refractivity contribution in [1.82, 2.24) is 30.4 Å². The lowest BCUT2D eigenvalue weighted by Crippen LogP contribution is -2.51. The first-order valence-corrected chi connectivity index (χ1v) is 15.5. The Morgan fingerprint density at radius 2 is 1.82 bits per heavy atom. The van der Waals surface area contributed by atoms with E-state index in [-0.39, 0.29) is 23.2 Å². The molecule has 210 valence electrons. The molecule has 3 fully saturated rings. The summed E-state index contributed by atoms with van der Waals surface area (Å²) in [6.45, 7) is 9.04. The van der Waals surface area contributed by atoms with E-state index in [0.717, 1.165) is 76.2 Å². The fourth-order valence-corrected chi connectivity index (χ4v) is 7.71. The van der Waals surface area contributed by atoms with Crippen molar-refractivity contribution in [1.29, 1.82) is 0 Å². The first-order valence-electron chi connectivity index (χ1n) is 14.1. The number of nitrogens with one attached hydrogen (secondary N) is 2. The quantitative estimate of drug-likeness (QED) is 0.310. The lowest BCUT2D eigenvalue weighted by atomic mass is 10.0. The number of hydrogen-bond acceptors (Lipinski definition) is 11. The molecule has 0 bridgehead atoms. The van der Waals surface area contributed by atoms with Gasteiger partial charge in [-0.25, -0.2) is 4.98 Å². The second-order valence-electron chi connectivity index (χ2n) is 11.0. The van der Waals surface area contributed by atoms with Crippen molar-refractivity contribution >= 4 is 57.8 Å². The molecule has 0 saturated carbocycles. The van der Waals surface area contributed by atoms with E-state index in [1.54, 1.807) is 11.3 Å². The van der Waals surface area contributed by atoms with E-state index in [1.165, 1.54) is 21.4 Å². The van der Waals surface area contributed by atoms with Crippen molar-refractivity contribution in [3.05, 3.63) is 46.3 Å². The largest absolute Gasteiger partial charge is 0.353 e. The number of hydrogen-bond donors (Lipinski definition) is 3. The number of carbonyl (C=O) groups excluding carboxylic acids is 2. The van der Waals surface area contributed by atoms with Gasteiger partial charge in [0.1, 0.15) is 0 Å². The van der Waals surface area contributed by atoms with E-state index in [9.17, 15) is 9.59 Å². The normalized spacial score (nSPS) is 24.5. The Kier molecular flexibility index (Phi) is 7.13. The highest BCUT2D eigenvalue weighted by atomic mass is 32.1. The van der Waals surface area contributed by atoms with Gasteiger partial charge >= 0.3 is 0 Å². The molecule has 1 aromatic carbocycles. The molecule has 0 spiro atoms. The molecular weight excluding hydrogens is 544 g/mol. The van der Waals surface area contributed by atoms with Gasteiger partial charge in [-0.2, -0.15) is 17.6 Å². The number of aromatic nitrogens is 2. The third kappa shape index (κ3) is 4.85. The van der Waals surface area contributed by atoms with E-state index in [0.29, 0.717) is 19.4 Å². The van der Waals surface area contributed by atoms with Crippen LogP contribution in [-0.2, 0) is 22.7 Å². The molecule has 4 aliphatic rings. The van der Waals surface area contributed by atoms with Crippen LogP contribution in [0.25, 0.3) is 10.2 Å². The van der Waals surface area contributed by atoms with Crippen LogP contribution < -0.4 is 20.4 Å². The number of amides is 2. The molecular formula is C28H34N8O2S2. The standard InChI is InChI=1S/C28H34N8O2S2/c37-23-5-4-22(26(38)31-23)36-17-20-18(2-1-3-19(20)27(36)39)16-33-11-13-35(14-12-33)28-30-21-6-15-40-24(21)25(32-28)34-9-7-29-8-10-34/h1-3,6,15,22,27,29,39H,4-5,7-14,16-17H2,(H,31,37,38). The summed E-state index contributed by atoms with van der Waals surface area (Å²) < 4.78 is 1.18. The van der Waals surface area contributed by atoms with Crippen LogP contribution in [-0.4, -0.2) is 90.0 Å². The minimum Gasteiger partial charge on any atom is -0.353 e. The third-order valence-electron chi connectivity index (χ3n) is 8.59. The summed E-state index contributed by atoms with van der Waals surface area (Å²) in [6, 6.07) is 8.20. The number of thiol groups is 1. The van der Waals surface area contributed by atoms with Gasteiger partial charge in [-0.3, -0.25) is 24.7 Å². The minimum atomic E-state index is -0.323. The predicted octanol–water partition coefficient (Wildman–Crippen LogP) is 1.97. The van der Waals surface area contributed by atoms with Crippen LogP contribution in [0.1, 0.15) is 34.9 Å². The number of piperazine rings is 2. The van der Waals surface area contributed by atoms with Gasteiger partial charge in [-0.1, -0.05) is 18.2 Å². The van der Waals surface area contributed by atoms with Crippen molar-refractivity contribution in [3.8, 4) is 0 Å². The average Bonchev–Trinajstić information content (AvgIpc) is 3.59.